The summed E-state index contributed by atoms with van der Waals surface area (Å²) in [7, 11) is 0. The number of rotatable bonds is 7. The summed E-state index contributed by atoms with van der Waals surface area (Å²) < 4.78 is 0. The van der Waals surface area contributed by atoms with E-state index in [2.05, 4.69) is 0 Å². The van der Waals surface area contributed by atoms with Crippen LogP contribution in [0.25, 0.3) is 0 Å². The van der Waals surface area contributed by atoms with Gasteiger partial charge in [0.05, 0.1) is 10.6 Å². The lowest BCUT2D eigenvalue weighted by atomic mass is 9.96. The van der Waals surface area contributed by atoms with Gasteiger partial charge in [0.15, 0.2) is 5.78 Å². The lowest BCUT2D eigenvalue weighted by molar-refractivity contribution is 0.0944. The van der Waals surface area contributed by atoms with E-state index < -0.39 is 12.0 Å². The van der Waals surface area contributed by atoms with Crippen molar-refractivity contribution in [2.24, 2.45) is 0 Å². The van der Waals surface area contributed by atoms with E-state index in [0.29, 0.717) is 30.4 Å². The first-order valence-corrected chi connectivity index (χ1v) is 8.74. The predicted molar refractivity (Wildman–Crippen MR) is 100 cm³/mol. The monoisotopic (exact) mass is 373 g/mol. The maximum absolute atomic E-state index is 12.2. The van der Waals surface area contributed by atoms with Crippen LogP contribution in [0.3, 0.4) is 0 Å². The third-order valence-corrected chi connectivity index (χ3v) is 4.23. The first-order valence-electron chi connectivity index (χ1n) is 8.36. The molecular formula is C20H20ClNO4. The van der Waals surface area contributed by atoms with E-state index >= 15 is 0 Å². The number of halogens is 1. The van der Waals surface area contributed by atoms with Crippen LogP contribution in [0.1, 0.15) is 51.6 Å². The molecule has 0 fully saturated rings. The van der Waals surface area contributed by atoms with Crippen LogP contribution in [0.2, 0.25) is 5.02 Å². The Balaban J connectivity index is 2.21. The molecule has 0 aliphatic heterocycles. The van der Waals surface area contributed by atoms with Crippen molar-refractivity contribution in [3.8, 4) is 0 Å². The fourth-order valence-corrected chi connectivity index (χ4v) is 3.12. The molecular weight excluding hydrogens is 354 g/mol. The van der Waals surface area contributed by atoms with Crippen LogP contribution in [-0.4, -0.2) is 22.9 Å². The Labute approximate surface area is 157 Å². The largest absolute Gasteiger partial charge is 0.465 e. The normalized spacial score (nSPS) is 10.4. The number of hydrogen-bond donors (Lipinski definition) is 2. The Hall–Kier alpha value is -2.66. The molecule has 0 aliphatic carbocycles. The fourth-order valence-electron chi connectivity index (χ4n) is 2.78. The number of hydrogen-bond acceptors (Lipinski definition) is 3. The van der Waals surface area contributed by atoms with Gasteiger partial charge in [0.2, 0.25) is 0 Å². The highest BCUT2D eigenvalue weighted by atomic mass is 35.5. The van der Waals surface area contributed by atoms with E-state index in [-0.39, 0.29) is 16.4 Å². The molecule has 0 aromatic heterocycles. The second-order valence-electron chi connectivity index (χ2n) is 5.91. The summed E-state index contributed by atoms with van der Waals surface area (Å²) in [5, 5.41) is 10.8. The van der Waals surface area contributed by atoms with Crippen LogP contribution < -0.4 is 5.32 Å². The Bertz CT molecular complexity index is 818. The van der Waals surface area contributed by atoms with Gasteiger partial charge in [0, 0.05) is 12.0 Å². The zero-order chi connectivity index (χ0) is 19.1. The quantitative estimate of drug-likeness (QED) is 0.699. The van der Waals surface area contributed by atoms with Crippen LogP contribution >= 0.6 is 11.6 Å². The molecule has 26 heavy (non-hydrogen) atoms. The van der Waals surface area contributed by atoms with Gasteiger partial charge in [-0.3, -0.25) is 14.9 Å². The highest BCUT2D eigenvalue weighted by Gasteiger charge is 2.19. The Kier molecular flexibility index (Phi) is 6.92. The number of aryl methyl sites for hydroxylation is 2. The molecule has 0 spiro atoms. The van der Waals surface area contributed by atoms with Crippen molar-refractivity contribution in [2.45, 2.75) is 32.6 Å². The number of imide groups is 1. The predicted octanol–water partition coefficient (Wildman–Crippen LogP) is 4.52. The SMILES string of the molecule is CCCc1cc(CCC(=O)c2ccccc2)cc(Cl)c1C(=O)NC(=O)O. The molecule has 2 N–H and O–H groups in total. The van der Waals surface area contributed by atoms with Crippen LogP contribution in [0.15, 0.2) is 42.5 Å². The number of carbonyl (C=O) groups excluding carboxylic acids is 2. The van der Waals surface area contributed by atoms with Gasteiger partial charge in [-0.25, -0.2) is 4.79 Å². The number of benzene rings is 2. The van der Waals surface area contributed by atoms with Crippen LogP contribution in [0, 0.1) is 0 Å². The number of Topliss-reactive ketones (excluding diaryl/α,β-unsaturated/α-hetero) is 1. The zero-order valence-electron chi connectivity index (χ0n) is 14.4. The molecule has 0 atom stereocenters. The molecule has 0 heterocycles. The molecule has 6 heteroatoms. The number of carboxylic acid groups (broad SMARTS) is 1. The maximum atomic E-state index is 12.2. The molecule has 0 saturated heterocycles. The molecule has 2 rings (SSSR count). The lowest BCUT2D eigenvalue weighted by Gasteiger charge is -2.13. The summed E-state index contributed by atoms with van der Waals surface area (Å²) in [6, 6.07) is 12.5. The lowest BCUT2D eigenvalue weighted by Crippen LogP contribution is -2.29. The molecule has 2 amide bonds. The molecule has 0 saturated carbocycles. The molecule has 136 valence electrons. The molecule has 0 bridgehead atoms. The van der Waals surface area contributed by atoms with E-state index in [0.717, 1.165) is 12.0 Å². The highest BCUT2D eigenvalue weighted by Crippen LogP contribution is 2.25. The molecule has 0 radical (unpaired) electrons. The van der Waals surface area contributed by atoms with E-state index in [9.17, 15) is 14.4 Å². The minimum absolute atomic E-state index is 0.0338. The van der Waals surface area contributed by atoms with Gasteiger partial charge in [-0.1, -0.05) is 61.3 Å². The van der Waals surface area contributed by atoms with Crippen molar-refractivity contribution in [3.05, 3.63) is 69.7 Å². The highest BCUT2D eigenvalue weighted by molar-refractivity contribution is 6.34. The number of amides is 2. The van der Waals surface area contributed by atoms with E-state index in [1.165, 1.54) is 0 Å². The molecule has 0 unspecified atom stereocenters. The smallest absolute Gasteiger partial charge is 0.411 e. The molecule has 2 aromatic carbocycles. The second-order valence-corrected chi connectivity index (χ2v) is 6.32. The minimum atomic E-state index is -1.42. The van der Waals surface area contributed by atoms with Gasteiger partial charge in [-0.05, 0) is 30.0 Å². The van der Waals surface area contributed by atoms with Crippen molar-refractivity contribution in [1.29, 1.82) is 0 Å². The summed E-state index contributed by atoms with van der Waals surface area (Å²) in [5.74, 6) is -0.704. The van der Waals surface area contributed by atoms with Gasteiger partial charge in [-0.2, -0.15) is 0 Å². The first kappa shape index (κ1) is 19.7. The third kappa shape index (κ3) is 5.17. The first-order chi connectivity index (χ1) is 12.4. The average molecular weight is 374 g/mol. The standard InChI is InChI=1S/C20H20ClNO4/c1-2-6-15-11-13(9-10-17(23)14-7-4-3-5-8-14)12-16(21)18(15)19(24)22-20(25)26/h3-5,7-8,11-12H,2,6,9-10H2,1H3,(H,22,24)(H,25,26). The minimum Gasteiger partial charge on any atom is -0.465 e. The third-order valence-electron chi connectivity index (χ3n) is 3.94. The second kappa shape index (κ2) is 9.15. The van der Waals surface area contributed by atoms with Gasteiger partial charge >= 0.3 is 6.09 Å². The van der Waals surface area contributed by atoms with Gasteiger partial charge in [0.1, 0.15) is 0 Å². The Morgan fingerprint density at radius 2 is 1.77 bits per heavy atom. The number of nitrogens with one attached hydrogen (secondary N) is 1. The van der Waals surface area contributed by atoms with Crippen molar-refractivity contribution < 1.29 is 19.5 Å². The van der Waals surface area contributed by atoms with Crippen LogP contribution in [0.4, 0.5) is 4.79 Å². The van der Waals surface area contributed by atoms with Crippen LogP contribution in [0.5, 0.6) is 0 Å². The summed E-state index contributed by atoms with van der Waals surface area (Å²) in [6.45, 7) is 1.96. The van der Waals surface area contributed by atoms with Crippen molar-refractivity contribution >= 4 is 29.4 Å². The summed E-state index contributed by atoms with van der Waals surface area (Å²) in [5.41, 5.74) is 2.36. The average Bonchev–Trinajstić information content (AvgIpc) is 2.59. The molecule has 5 nitrogen and oxygen atoms in total. The summed E-state index contributed by atoms with van der Waals surface area (Å²) >= 11 is 6.24. The van der Waals surface area contributed by atoms with Gasteiger partial charge in [-0.15, -0.1) is 0 Å². The van der Waals surface area contributed by atoms with Crippen LogP contribution in [-0.2, 0) is 12.8 Å². The van der Waals surface area contributed by atoms with Gasteiger partial charge in [0.25, 0.3) is 5.91 Å². The fraction of sp³-hybridized carbons (Fsp3) is 0.250. The van der Waals surface area contributed by atoms with E-state index in [1.54, 1.807) is 18.2 Å². The Morgan fingerprint density at radius 1 is 1.08 bits per heavy atom. The Morgan fingerprint density at radius 3 is 2.38 bits per heavy atom. The van der Waals surface area contributed by atoms with E-state index in [1.807, 2.05) is 36.5 Å². The van der Waals surface area contributed by atoms with Crippen molar-refractivity contribution in [3.63, 3.8) is 0 Å². The summed E-state index contributed by atoms with van der Waals surface area (Å²) in [4.78, 5) is 35.1. The number of ketones is 1. The molecule has 0 aliphatic rings. The molecule has 2 aromatic rings. The van der Waals surface area contributed by atoms with Gasteiger partial charge < -0.3 is 5.11 Å². The zero-order valence-corrected chi connectivity index (χ0v) is 15.2. The summed E-state index contributed by atoms with van der Waals surface area (Å²) in [6.07, 6.45) is 0.752. The van der Waals surface area contributed by atoms with Crippen molar-refractivity contribution in [2.75, 3.05) is 0 Å². The topological polar surface area (TPSA) is 83.5 Å². The number of carbonyl (C=O) groups is 3. The maximum Gasteiger partial charge on any atom is 0.411 e. The van der Waals surface area contributed by atoms with E-state index in [4.69, 9.17) is 16.7 Å². The van der Waals surface area contributed by atoms with Crippen molar-refractivity contribution in [1.82, 2.24) is 5.32 Å².